The maximum Gasteiger partial charge on any atom is 0.320 e. The minimum absolute atomic E-state index is 0.0424. The Balaban J connectivity index is 1.80. The molecule has 7 heteroatoms. The number of ether oxygens (including phenoxy) is 1. The molecule has 1 N–H and O–H groups in total. The van der Waals surface area contributed by atoms with Crippen molar-refractivity contribution >= 4 is 18.0 Å². The third-order valence-corrected chi connectivity index (χ3v) is 4.32. The van der Waals surface area contributed by atoms with Crippen LogP contribution in [0.1, 0.15) is 25.7 Å². The highest BCUT2D eigenvalue weighted by molar-refractivity contribution is 5.78. The predicted molar refractivity (Wildman–Crippen MR) is 73.6 cm³/mol. The molecule has 0 radical (unpaired) electrons. The first kappa shape index (κ1) is 15.6. The SMILES string of the molecule is COC(=O)C1CCN(C(=O)N2CCC(CCC(=O)O)C2)C1. The van der Waals surface area contributed by atoms with Crippen molar-refractivity contribution < 1.29 is 24.2 Å². The standard InChI is InChI=1S/C14H22N2O5/c1-21-13(19)11-5-7-16(9-11)14(20)15-6-4-10(8-15)2-3-12(17)18/h10-11H,2-9H2,1H3,(H,17,18). The van der Waals surface area contributed by atoms with Gasteiger partial charge in [0.1, 0.15) is 0 Å². The summed E-state index contributed by atoms with van der Waals surface area (Å²) in [5, 5.41) is 8.69. The van der Waals surface area contributed by atoms with Crippen LogP contribution in [0.3, 0.4) is 0 Å². The fourth-order valence-electron chi connectivity index (χ4n) is 3.06. The van der Waals surface area contributed by atoms with Gasteiger partial charge in [0.05, 0.1) is 13.0 Å². The molecule has 2 aliphatic rings. The van der Waals surface area contributed by atoms with E-state index in [9.17, 15) is 14.4 Å². The fraction of sp³-hybridized carbons (Fsp3) is 0.786. The van der Waals surface area contributed by atoms with Crippen molar-refractivity contribution in [1.82, 2.24) is 9.80 Å². The number of aliphatic carboxylic acids is 1. The first-order valence-corrected chi connectivity index (χ1v) is 7.34. The Kier molecular flexibility index (Phi) is 5.03. The van der Waals surface area contributed by atoms with E-state index in [0.717, 1.165) is 6.42 Å². The molecule has 21 heavy (non-hydrogen) atoms. The monoisotopic (exact) mass is 298 g/mol. The van der Waals surface area contributed by atoms with E-state index in [1.54, 1.807) is 9.80 Å². The van der Waals surface area contributed by atoms with Crippen molar-refractivity contribution in [3.63, 3.8) is 0 Å². The Morgan fingerprint density at radius 2 is 1.81 bits per heavy atom. The van der Waals surface area contributed by atoms with Gasteiger partial charge in [-0.1, -0.05) is 0 Å². The second kappa shape index (κ2) is 6.78. The summed E-state index contributed by atoms with van der Waals surface area (Å²) in [7, 11) is 1.36. The number of nitrogens with zero attached hydrogens (tertiary/aromatic N) is 2. The molecule has 2 heterocycles. The Labute approximate surface area is 123 Å². The van der Waals surface area contributed by atoms with Gasteiger partial charge in [0, 0.05) is 32.6 Å². The van der Waals surface area contributed by atoms with Gasteiger partial charge in [-0.25, -0.2) is 4.79 Å². The molecular weight excluding hydrogens is 276 g/mol. The predicted octanol–water partition coefficient (Wildman–Crippen LogP) is 0.788. The first-order valence-electron chi connectivity index (χ1n) is 7.34. The van der Waals surface area contributed by atoms with Crippen LogP contribution in [0.4, 0.5) is 4.79 Å². The average molecular weight is 298 g/mol. The molecule has 7 nitrogen and oxygen atoms in total. The molecule has 2 saturated heterocycles. The number of hydrogen-bond acceptors (Lipinski definition) is 4. The van der Waals surface area contributed by atoms with Gasteiger partial charge in [0.15, 0.2) is 0 Å². The molecule has 0 saturated carbocycles. The summed E-state index contributed by atoms with van der Waals surface area (Å²) in [5.74, 6) is -1.00. The molecular formula is C14H22N2O5. The Bertz CT molecular complexity index is 426. The van der Waals surface area contributed by atoms with E-state index >= 15 is 0 Å². The van der Waals surface area contributed by atoms with Crippen LogP contribution in [0.25, 0.3) is 0 Å². The van der Waals surface area contributed by atoms with E-state index in [2.05, 4.69) is 0 Å². The number of urea groups is 1. The number of likely N-dealkylation sites (tertiary alicyclic amines) is 2. The van der Waals surface area contributed by atoms with Crippen molar-refractivity contribution in [3.8, 4) is 0 Å². The van der Waals surface area contributed by atoms with Gasteiger partial charge in [0.25, 0.3) is 0 Å². The zero-order chi connectivity index (χ0) is 15.4. The van der Waals surface area contributed by atoms with Crippen LogP contribution in [0.15, 0.2) is 0 Å². The Morgan fingerprint density at radius 3 is 2.48 bits per heavy atom. The van der Waals surface area contributed by atoms with Crippen molar-refractivity contribution in [3.05, 3.63) is 0 Å². The van der Waals surface area contributed by atoms with Gasteiger partial charge < -0.3 is 19.6 Å². The molecule has 0 spiro atoms. The van der Waals surface area contributed by atoms with Crippen LogP contribution in [-0.2, 0) is 14.3 Å². The molecule has 0 aromatic carbocycles. The van der Waals surface area contributed by atoms with Gasteiger partial charge in [-0.2, -0.15) is 0 Å². The molecule has 0 bridgehead atoms. The summed E-state index contributed by atoms with van der Waals surface area (Å²) in [6, 6.07) is -0.0424. The quantitative estimate of drug-likeness (QED) is 0.775. The maximum atomic E-state index is 12.4. The molecule has 118 valence electrons. The van der Waals surface area contributed by atoms with E-state index < -0.39 is 5.97 Å². The van der Waals surface area contributed by atoms with Crippen molar-refractivity contribution in [2.45, 2.75) is 25.7 Å². The average Bonchev–Trinajstić information content (AvgIpc) is 3.12. The number of methoxy groups -OCH3 is 1. The van der Waals surface area contributed by atoms with Crippen molar-refractivity contribution in [1.29, 1.82) is 0 Å². The van der Waals surface area contributed by atoms with E-state index in [1.807, 2.05) is 0 Å². The second-order valence-electron chi connectivity index (χ2n) is 5.77. The van der Waals surface area contributed by atoms with Crippen LogP contribution >= 0.6 is 0 Å². The normalized spacial score (nSPS) is 25.2. The molecule has 2 fully saturated rings. The van der Waals surface area contributed by atoms with Crippen LogP contribution in [0, 0.1) is 11.8 Å². The van der Waals surface area contributed by atoms with Crippen LogP contribution in [0.5, 0.6) is 0 Å². The van der Waals surface area contributed by atoms with E-state index in [4.69, 9.17) is 9.84 Å². The van der Waals surface area contributed by atoms with Gasteiger partial charge in [0.2, 0.25) is 0 Å². The second-order valence-corrected chi connectivity index (χ2v) is 5.77. The maximum absolute atomic E-state index is 12.4. The molecule has 0 aliphatic carbocycles. The molecule has 2 amide bonds. The number of hydrogen-bond donors (Lipinski definition) is 1. The molecule has 2 unspecified atom stereocenters. The van der Waals surface area contributed by atoms with Gasteiger partial charge >= 0.3 is 18.0 Å². The summed E-state index contributed by atoms with van der Waals surface area (Å²) < 4.78 is 4.71. The third-order valence-electron chi connectivity index (χ3n) is 4.32. The van der Waals surface area contributed by atoms with Crippen molar-refractivity contribution in [2.75, 3.05) is 33.3 Å². The van der Waals surface area contributed by atoms with Crippen LogP contribution in [0.2, 0.25) is 0 Å². The Hall–Kier alpha value is -1.79. The lowest BCUT2D eigenvalue weighted by molar-refractivity contribution is -0.144. The van der Waals surface area contributed by atoms with E-state index in [1.165, 1.54) is 7.11 Å². The number of amides is 2. The lowest BCUT2D eigenvalue weighted by Gasteiger charge is -2.24. The van der Waals surface area contributed by atoms with Crippen LogP contribution < -0.4 is 0 Å². The summed E-state index contributed by atoms with van der Waals surface area (Å²) >= 11 is 0. The number of carbonyl (C=O) groups excluding carboxylic acids is 2. The topological polar surface area (TPSA) is 87.2 Å². The van der Waals surface area contributed by atoms with Crippen molar-refractivity contribution in [2.24, 2.45) is 11.8 Å². The molecule has 2 rings (SSSR count). The molecule has 0 aromatic heterocycles. The summed E-state index contributed by atoms with van der Waals surface area (Å²) in [5.41, 5.74) is 0. The highest BCUT2D eigenvalue weighted by Crippen LogP contribution is 2.25. The zero-order valence-corrected chi connectivity index (χ0v) is 12.3. The van der Waals surface area contributed by atoms with Gasteiger partial charge in [-0.3, -0.25) is 9.59 Å². The molecule has 2 aliphatic heterocycles. The largest absolute Gasteiger partial charge is 0.481 e. The number of carboxylic acids is 1. The van der Waals surface area contributed by atoms with Gasteiger partial charge in [-0.15, -0.1) is 0 Å². The fourth-order valence-corrected chi connectivity index (χ4v) is 3.06. The lowest BCUT2D eigenvalue weighted by atomic mass is 10.0. The number of carbonyl (C=O) groups is 3. The summed E-state index contributed by atoms with van der Waals surface area (Å²) in [6.45, 7) is 2.28. The zero-order valence-electron chi connectivity index (χ0n) is 12.3. The smallest absolute Gasteiger partial charge is 0.320 e. The van der Waals surface area contributed by atoms with E-state index in [0.29, 0.717) is 39.0 Å². The minimum atomic E-state index is -0.791. The number of rotatable bonds is 4. The van der Waals surface area contributed by atoms with Gasteiger partial charge in [-0.05, 0) is 25.2 Å². The summed E-state index contributed by atoms with van der Waals surface area (Å²) in [6.07, 6.45) is 2.27. The number of esters is 1. The summed E-state index contributed by atoms with van der Waals surface area (Å²) in [4.78, 5) is 37.9. The first-order chi connectivity index (χ1) is 10.0. The minimum Gasteiger partial charge on any atom is -0.481 e. The lowest BCUT2D eigenvalue weighted by Crippen LogP contribution is -2.41. The van der Waals surface area contributed by atoms with Crippen LogP contribution in [-0.4, -0.2) is 66.2 Å². The number of carboxylic acid groups (broad SMARTS) is 1. The third kappa shape index (κ3) is 3.86. The Morgan fingerprint density at radius 1 is 1.14 bits per heavy atom. The highest BCUT2D eigenvalue weighted by atomic mass is 16.5. The van der Waals surface area contributed by atoms with E-state index in [-0.39, 0.29) is 30.3 Å². The highest BCUT2D eigenvalue weighted by Gasteiger charge is 2.35. The molecule has 2 atom stereocenters. The molecule has 0 aromatic rings.